The van der Waals surface area contributed by atoms with Gasteiger partial charge < -0.3 is 0 Å². The van der Waals surface area contributed by atoms with E-state index < -0.39 is 30.6 Å². The molecule has 0 aromatic heterocycles. The number of hydrogen-bond acceptors (Lipinski definition) is 6. The number of nitrogens with zero attached hydrogens (tertiary/aromatic N) is 1. The van der Waals surface area contributed by atoms with E-state index in [0.29, 0.717) is 6.42 Å². The van der Waals surface area contributed by atoms with Gasteiger partial charge in [-0.2, -0.15) is 0 Å². The summed E-state index contributed by atoms with van der Waals surface area (Å²) in [5.74, 6) is -0.162. The van der Waals surface area contributed by atoms with Crippen LogP contribution in [-0.2, 0) is 14.3 Å². The van der Waals surface area contributed by atoms with Crippen LogP contribution in [0.4, 0.5) is 0 Å². The summed E-state index contributed by atoms with van der Waals surface area (Å²) in [6.45, 7) is 2.31. The average molecular weight is 427 g/mol. The molecule has 3 N–H and O–H groups in total. The molecule has 0 saturated carbocycles. The molecule has 8 heteroatoms. The van der Waals surface area contributed by atoms with Gasteiger partial charge in [0.25, 0.3) is 0 Å². The molecule has 0 fully saturated rings. The van der Waals surface area contributed by atoms with Crippen LogP contribution in [0.2, 0.25) is 14.8 Å². The topological polar surface area (TPSA) is 91.3 Å². The van der Waals surface area contributed by atoms with Crippen molar-refractivity contribution in [1.82, 2.24) is 10.4 Å². The monoisotopic (exact) mass is 428 g/mol. The molecule has 132 valence electrons. The van der Waals surface area contributed by atoms with Gasteiger partial charge in [0, 0.05) is 0 Å². The zero-order chi connectivity index (χ0) is 17.3. The van der Waals surface area contributed by atoms with E-state index in [0.717, 1.165) is 0 Å². The summed E-state index contributed by atoms with van der Waals surface area (Å²) in [5.41, 5.74) is 2.70. The van der Waals surface area contributed by atoms with Crippen molar-refractivity contribution in [2.24, 2.45) is 0 Å². The molecule has 0 saturated heterocycles. The van der Waals surface area contributed by atoms with Gasteiger partial charge in [0.2, 0.25) is 0 Å². The summed E-state index contributed by atoms with van der Waals surface area (Å²) < 4.78 is 10.2. The second-order valence-corrected chi connectivity index (χ2v) is 21.6. The van der Waals surface area contributed by atoms with Gasteiger partial charge in [0.15, 0.2) is 0 Å². The van der Waals surface area contributed by atoms with Gasteiger partial charge in [-0.3, -0.25) is 0 Å². The van der Waals surface area contributed by atoms with E-state index in [2.05, 4.69) is 20.2 Å². The Kier molecular flexibility index (Phi) is 10.8. The predicted molar refractivity (Wildman–Crippen MR) is 88.0 cm³/mol. The third kappa shape index (κ3) is 8.64. The van der Waals surface area contributed by atoms with Gasteiger partial charge in [-0.05, 0) is 0 Å². The van der Waals surface area contributed by atoms with Crippen LogP contribution in [0.5, 0.6) is 0 Å². The van der Waals surface area contributed by atoms with E-state index in [1.54, 1.807) is 19.0 Å². The number of ether oxygens (including phenoxy) is 2. The van der Waals surface area contributed by atoms with Crippen LogP contribution in [0, 0.1) is 0 Å². The molecule has 3 atom stereocenters. The number of methoxy groups -OCH3 is 2. The zero-order valence-corrected chi connectivity index (χ0v) is 17.5. The number of nitrogens with one attached hydrogen (secondary N) is 1. The van der Waals surface area contributed by atoms with Crippen molar-refractivity contribution in [2.75, 3.05) is 33.9 Å². The van der Waals surface area contributed by atoms with Crippen molar-refractivity contribution in [3.8, 4) is 0 Å². The number of rotatable bonds is 11. The second kappa shape index (κ2) is 10.8. The van der Waals surface area contributed by atoms with Crippen molar-refractivity contribution in [1.29, 1.82) is 0 Å². The van der Waals surface area contributed by atoms with Crippen LogP contribution in [0.1, 0.15) is 13.3 Å². The first kappa shape index (κ1) is 22.1. The summed E-state index contributed by atoms with van der Waals surface area (Å²) in [4.78, 5) is 18.2. The van der Waals surface area contributed by atoms with Crippen molar-refractivity contribution < 1.29 is 24.5 Å². The fourth-order valence-corrected chi connectivity index (χ4v) is 7.94. The third-order valence-corrected chi connectivity index (χ3v) is 9.90. The van der Waals surface area contributed by atoms with Gasteiger partial charge in [-0.15, -0.1) is 0 Å². The van der Waals surface area contributed by atoms with Crippen molar-refractivity contribution >= 4 is 24.3 Å². The number of carbonyl (C=O) groups is 1. The summed E-state index contributed by atoms with van der Waals surface area (Å²) >= 11 is -2.47. The Morgan fingerprint density at radius 1 is 1.23 bits per heavy atom. The Balaban J connectivity index is 4.82. The van der Waals surface area contributed by atoms with Crippen molar-refractivity contribution in [3.05, 3.63) is 0 Å². The molecular weight excluding hydrogens is 395 g/mol. The van der Waals surface area contributed by atoms with E-state index in [1.165, 1.54) is 7.11 Å². The molecule has 0 rings (SSSR count). The average Bonchev–Trinajstić information content (AvgIpc) is 2.37. The number of carbonyl (C=O) groups excluding carboxylic acids is 1. The molecule has 3 unspecified atom stereocenters. The fraction of sp³-hybridized carbons (Fsp3) is 0.929. The molecular formula is C14H32N2O5Sn. The summed E-state index contributed by atoms with van der Waals surface area (Å²) in [6, 6.07) is 0. The summed E-state index contributed by atoms with van der Waals surface area (Å²) in [5, 5.41) is 21.9. The summed E-state index contributed by atoms with van der Waals surface area (Å²) in [6.07, 6.45) is -1.12. The van der Waals surface area contributed by atoms with Crippen LogP contribution in [-0.4, -0.2) is 89.7 Å². The summed E-state index contributed by atoms with van der Waals surface area (Å²) in [7, 11) is 3.10. The Hall–Kier alpha value is 0.0687. The van der Waals surface area contributed by atoms with Crippen LogP contribution < -0.4 is 5.43 Å². The van der Waals surface area contributed by atoms with Crippen LogP contribution in [0.15, 0.2) is 0 Å². The first-order chi connectivity index (χ1) is 10.1. The molecule has 7 nitrogen and oxygen atoms in total. The molecule has 0 spiro atoms. The molecule has 0 aromatic carbocycles. The Morgan fingerprint density at radius 3 is 2.23 bits per heavy atom. The third-order valence-electron chi connectivity index (χ3n) is 3.26. The van der Waals surface area contributed by atoms with Crippen LogP contribution in [0.3, 0.4) is 0 Å². The van der Waals surface area contributed by atoms with Gasteiger partial charge in [0.1, 0.15) is 0 Å². The van der Waals surface area contributed by atoms with Crippen molar-refractivity contribution in [3.63, 3.8) is 0 Å². The molecule has 0 aliphatic heterocycles. The van der Waals surface area contributed by atoms with Crippen LogP contribution in [0.25, 0.3) is 0 Å². The Morgan fingerprint density at radius 2 is 1.82 bits per heavy atom. The first-order valence-corrected chi connectivity index (χ1v) is 17.8. The van der Waals surface area contributed by atoms with E-state index in [4.69, 9.17) is 9.47 Å². The molecule has 0 aromatic rings. The number of amides is 1. The minimum atomic E-state index is -2.47. The molecule has 0 bridgehead atoms. The van der Waals surface area contributed by atoms with Crippen molar-refractivity contribution in [2.45, 2.75) is 44.5 Å². The SMILES string of the molecule is CCC(=O)NN(CC(O)COC)CC(O)[CH](OC)[Sn]([CH3])([CH3])[CH3]. The Labute approximate surface area is 137 Å². The quantitative estimate of drug-likeness (QED) is 0.318. The molecule has 0 radical (unpaired) electrons. The number of hydrogen-bond donors (Lipinski definition) is 3. The Bertz CT molecular complexity index is 325. The standard InChI is InChI=1S/C11H23N2O5.3CH3.Sn/c1-4-11(16)12-13(5-9(14)7-17-2)6-10(15)8-18-3;;;;/h7,9-10,14-15H,4-6,8H2,1-3H3,(H,12,16);3*1H3;. The number of aliphatic hydroxyl groups excluding tert-OH is 2. The maximum absolute atomic E-state index is 11.6. The second-order valence-electron chi connectivity index (χ2n) is 6.49. The number of aliphatic hydroxyl groups is 2. The molecule has 22 heavy (non-hydrogen) atoms. The number of hydrazine groups is 1. The van der Waals surface area contributed by atoms with E-state index in [1.807, 2.05) is 0 Å². The molecule has 1 amide bonds. The fourth-order valence-electron chi connectivity index (χ4n) is 2.33. The molecule has 0 aliphatic rings. The van der Waals surface area contributed by atoms with E-state index in [-0.39, 0.29) is 29.7 Å². The molecule has 0 aliphatic carbocycles. The van der Waals surface area contributed by atoms with Gasteiger partial charge >= 0.3 is 138 Å². The minimum absolute atomic E-state index is 0.162. The van der Waals surface area contributed by atoms with Gasteiger partial charge in [0.05, 0.1) is 0 Å². The van der Waals surface area contributed by atoms with Crippen LogP contribution >= 0.6 is 0 Å². The van der Waals surface area contributed by atoms with E-state index in [9.17, 15) is 15.0 Å². The predicted octanol–water partition coefficient (Wildman–Crippen LogP) is -0.00980. The molecule has 0 heterocycles. The van der Waals surface area contributed by atoms with Gasteiger partial charge in [-0.1, -0.05) is 0 Å². The maximum atomic E-state index is 11.6. The van der Waals surface area contributed by atoms with E-state index >= 15 is 0 Å². The first-order valence-electron chi connectivity index (χ1n) is 7.57. The normalized spacial score (nSPS) is 16.4. The zero-order valence-electron chi connectivity index (χ0n) is 14.6. The van der Waals surface area contributed by atoms with Gasteiger partial charge in [-0.25, -0.2) is 0 Å².